The van der Waals surface area contributed by atoms with Gasteiger partial charge in [-0.1, -0.05) is 12.1 Å². The molecule has 0 radical (unpaired) electrons. The Morgan fingerprint density at radius 2 is 1.74 bits per heavy atom. The Hall–Kier alpha value is -4.47. The Kier molecular flexibility index (Phi) is 7.78. The maximum Gasteiger partial charge on any atom is 0.287 e. The second-order valence-corrected chi connectivity index (χ2v) is 11.8. The smallest absolute Gasteiger partial charge is 0.287 e. The molecule has 4 aliphatic rings. The van der Waals surface area contributed by atoms with Crippen LogP contribution in [0, 0.1) is 27.9 Å². The Balaban J connectivity index is 1.03. The number of anilines is 2. The molecular formula is C32H35N5O5. The molecule has 4 fully saturated rings. The van der Waals surface area contributed by atoms with Gasteiger partial charge in [0.05, 0.1) is 17.7 Å². The summed E-state index contributed by atoms with van der Waals surface area (Å²) < 4.78 is 11.5. The molecule has 7 rings (SSSR count). The highest BCUT2D eigenvalue weighted by atomic mass is 16.6. The Labute approximate surface area is 244 Å². The van der Waals surface area contributed by atoms with E-state index in [-0.39, 0.29) is 18.2 Å². The van der Waals surface area contributed by atoms with Crippen molar-refractivity contribution in [2.45, 2.75) is 50.9 Å². The quantitative estimate of drug-likeness (QED) is 0.157. The van der Waals surface area contributed by atoms with Gasteiger partial charge in [-0.05, 0) is 116 Å². The van der Waals surface area contributed by atoms with Gasteiger partial charge in [0.2, 0.25) is 0 Å². The number of nitro groups is 1. The number of nitrogens with one attached hydrogen (secondary N) is 2. The Bertz CT molecular complexity index is 1440. The number of ether oxygens (including phenoxy) is 2. The zero-order valence-corrected chi connectivity index (χ0v) is 23.6. The molecule has 0 saturated heterocycles. The van der Waals surface area contributed by atoms with E-state index in [0.717, 1.165) is 35.2 Å². The standard InChI is InChI=1S/C32H35N5O5/c1-2-41-29-14-21(18-34-36-30-10-8-27(19-33-30)37(39)40)3-9-28(29)42-20-31(38)35-26-6-4-25(5-7-26)32-15-22-11-23(16-32)13-24(12-22)17-32/h3-10,14,18-19,22-24H,2,11-13,15-17,20H2,1H3,(H,33,36)(H,35,38)/b34-18-. The van der Waals surface area contributed by atoms with Crippen LogP contribution in [0.25, 0.3) is 0 Å². The van der Waals surface area contributed by atoms with Crippen molar-refractivity contribution in [1.29, 1.82) is 0 Å². The molecule has 1 amide bonds. The fourth-order valence-electron chi connectivity index (χ4n) is 7.44. The fourth-order valence-corrected chi connectivity index (χ4v) is 7.44. The molecule has 218 valence electrons. The average molecular weight is 570 g/mol. The summed E-state index contributed by atoms with van der Waals surface area (Å²) in [5, 5.41) is 17.8. The lowest BCUT2D eigenvalue weighted by molar-refractivity contribution is -0.385. The first-order valence-corrected chi connectivity index (χ1v) is 14.6. The van der Waals surface area contributed by atoms with Gasteiger partial charge in [-0.25, -0.2) is 4.98 Å². The van der Waals surface area contributed by atoms with E-state index < -0.39 is 4.92 Å². The first kappa shape index (κ1) is 27.7. The number of hydrogen-bond donors (Lipinski definition) is 2. The number of rotatable bonds is 11. The van der Waals surface area contributed by atoms with Gasteiger partial charge in [-0.3, -0.25) is 20.3 Å². The van der Waals surface area contributed by atoms with Crippen LogP contribution in [0.5, 0.6) is 11.5 Å². The van der Waals surface area contributed by atoms with Gasteiger partial charge in [0.15, 0.2) is 18.1 Å². The van der Waals surface area contributed by atoms with Crippen molar-refractivity contribution in [3.63, 3.8) is 0 Å². The summed E-state index contributed by atoms with van der Waals surface area (Å²) in [7, 11) is 0. The van der Waals surface area contributed by atoms with Gasteiger partial charge >= 0.3 is 0 Å². The van der Waals surface area contributed by atoms with Crippen LogP contribution in [-0.4, -0.2) is 35.2 Å². The summed E-state index contributed by atoms with van der Waals surface area (Å²) in [4.78, 5) is 26.9. The molecule has 0 spiro atoms. The molecule has 0 aliphatic heterocycles. The third-order valence-corrected chi connectivity index (χ3v) is 8.80. The first-order chi connectivity index (χ1) is 20.4. The predicted octanol–water partition coefficient (Wildman–Crippen LogP) is 6.32. The third kappa shape index (κ3) is 6.07. The van der Waals surface area contributed by atoms with Crippen LogP contribution < -0.4 is 20.2 Å². The normalized spacial score (nSPS) is 24.0. The van der Waals surface area contributed by atoms with E-state index in [2.05, 4.69) is 33.0 Å². The van der Waals surface area contributed by atoms with Crippen LogP contribution in [0.15, 0.2) is 65.9 Å². The second kappa shape index (κ2) is 11.8. The number of hydrazone groups is 1. The Morgan fingerprint density at radius 3 is 2.36 bits per heavy atom. The highest BCUT2D eigenvalue weighted by Crippen LogP contribution is 2.60. The minimum Gasteiger partial charge on any atom is -0.490 e. The number of pyridine rings is 1. The van der Waals surface area contributed by atoms with Crippen LogP contribution in [0.1, 0.15) is 56.6 Å². The number of carbonyl (C=O) groups excluding carboxylic acids is 1. The summed E-state index contributed by atoms with van der Waals surface area (Å²) in [6.07, 6.45) is 11.0. The molecule has 10 heteroatoms. The van der Waals surface area contributed by atoms with Crippen molar-refractivity contribution >= 4 is 29.3 Å². The molecule has 42 heavy (non-hydrogen) atoms. The maximum absolute atomic E-state index is 12.7. The van der Waals surface area contributed by atoms with E-state index in [1.165, 1.54) is 56.2 Å². The fraction of sp³-hybridized carbons (Fsp3) is 0.406. The SMILES string of the molecule is CCOc1cc(/C=N\Nc2ccc([N+](=O)[O-])cn2)ccc1OCC(=O)Nc1ccc(C23CC4CC(CC(C4)C2)C3)cc1. The zero-order valence-electron chi connectivity index (χ0n) is 23.6. The van der Waals surface area contributed by atoms with E-state index in [0.29, 0.717) is 29.3 Å². The van der Waals surface area contributed by atoms with Crippen molar-refractivity contribution in [1.82, 2.24) is 4.98 Å². The first-order valence-electron chi connectivity index (χ1n) is 14.6. The van der Waals surface area contributed by atoms with Crippen molar-refractivity contribution in [3.8, 4) is 11.5 Å². The van der Waals surface area contributed by atoms with Crippen LogP contribution in [-0.2, 0) is 10.2 Å². The highest BCUT2D eigenvalue weighted by Gasteiger charge is 2.51. The molecule has 0 atom stereocenters. The summed E-state index contributed by atoms with van der Waals surface area (Å²) in [5.41, 5.74) is 5.90. The summed E-state index contributed by atoms with van der Waals surface area (Å²) in [5.74, 6) is 3.75. The molecule has 10 nitrogen and oxygen atoms in total. The topological polar surface area (TPSA) is 128 Å². The molecule has 0 unspecified atom stereocenters. The second-order valence-electron chi connectivity index (χ2n) is 11.8. The van der Waals surface area contributed by atoms with Crippen LogP contribution in [0.4, 0.5) is 17.2 Å². The number of benzene rings is 2. The van der Waals surface area contributed by atoms with E-state index in [9.17, 15) is 14.9 Å². The molecule has 4 aliphatic carbocycles. The molecule has 2 aromatic carbocycles. The van der Waals surface area contributed by atoms with Crippen LogP contribution in [0.2, 0.25) is 0 Å². The maximum atomic E-state index is 12.7. The van der Waals surface area contributed by atoms with Gasteiger partial charge in [-0.2, -0.15) is 5.10 Å². The van der Waals surface area contributed by atoms with Gasteiger partial charge in [0.1, 0.15) is 12.0 Å². The van der Waals surface area contributed by atoms with Crippen molar-refractivity contribution in [3.05, 3.63) is 82.0 Å². The Morgan fingerprint density at radius 1 is 1.02 bits per heavy atom. The molecule has 1 aromatic heterocycles. The van der Waals surface area contributed by atoms with Gasteiger partial charge in [0.25, 0.3) is 11.6 Å². The minimum absolute atomic E-state index is 0.0967. The largest absolute Gasteiger partial charge is 0.490 e. The third-order valence-electron chi connectivity index (χ3n) is 8.80. The number of nitrogens with zero attached hydrogens (tertiary/aromatic N) is 3. The van der Waals surface area contributed by atoms with E-state index in [4.69, 9.17) is 9.47 Å². The molecule has 4 bridgehead atoms. The van der Waals surface area contributed by atoms with Crippen molar-refractivity contribution in [2.75, 3.05) is 24.0 Å². The molecule has 1 heterocycles. The monoisotopic (exact) mass is 569 g/mol. The molecule has 4 saturated carbocycles. The minimum atomic E-state index is -0.512. The summed E-state index contributed by atoms with van der Waals surface area (Å²) >= 11 is 0. The number of hydrogen-bond acceptors (Lipinski definition) is 8. The summed E-state index contributed by atoms with van der Waals surface area (Å²) in [6.45, 7) is 2.13. The van der Waals surface area contributed by atoms with Crippen LogP contribution in [0.3, 0.4) is 0 Å². The van der Waals surface area contributed by atoms with E-state index in [1.54, 1.807) is 24.4 Å². The van der Waals surface area contributed by atoms with Crippen molar-refractivity contribution in [2.24, 2.45) is 22.9 Å². The van der Waals surface area contributed by atoms with E-state index in [1.807, 2.05) is 19.1 Å². The van der Waals surface area contributed by atoms with Gasteiger partial charge < -0.3 is 14.8 Å². The van der Waals surface area contributed by atoms with Crippen molar-refractivity contribution < 1.29 is 19.2 Å². The molecule has 2 N–H and O–H groups in total. The lowest BCUT2D eigenvalue weighted by Gasteiger charge is -2.57. The summed E-state index contributed by atoms with van der Waals surface area (Å²) in [6, 6.07) is 16.6. The lowest BCUT2D eigenvalue weighted by atomic mass is 9.48. The average Bonchev–Trinajstić information content (AvgIpc) is 2.97. The molecular weight excluding hydrogens is 534 g/mol. The zero-order chi connectivity index (χ0) is 29.1. The lowest BCUT2D eigenvalue weighted by Crippen LogP contribution is -2.48. The predicted molar refractivity (Wildman–Crippen MR) is 160 cm³/mol. The van der Waals surface area contributed by atoms with Crippen LogP contribution >= 0.6 is 0 Å². The van der Waals surface area contributed by atoms with Gasteiger partial charge in [0, 0.05) is 11.8 Å². The van der Waals surface area contributed by atoms with E-state index >= 15 is 0 Å². The number of carbonyl (C=O) groups is 1. The number of amides is 1. The number of aromatic nitrogens is 1. The molecule has 3 aromatic rings. The highest BCUT2D eigenvalue weighted by molar-refractivity contribution is 5.92. The van der Waals surface area contributed by atoms with Gasteiger partial charge in [-0.15, -0.1) is 0 Å².